The lowest BCUT2D eigenvalue weighted by atomic mass is 9.96. The molecule has 1 N–H and O–H groups in total. The molecule has 0 aromatic rings. The number of carbonyl (C=O) groups excluding carboxylic acids is 2. The van der Waals surface area contributed by atoms with Crippen molar-refractivity contribution in [2.75, 3.05) is 13.2 Å². The first-order chi connectivity index (χ1) is 10.3. The van der Waals surface area contributed by atoms with E-state index in [2.05, 4.69) is 5.32 Å². The highest BCUT2D eigenvalue weighted by molar-refractivity contribution is 5.86. The Morgan fingerprint density at radius 3 is 2.35 bits per heavy atom. The Balaban J connectivity index is 2.87. The van der Waals surface area contributed by atoms with Crippen molar-refractivity contribution >= 4 is 12.0 Å². The lowest BCUT2D eigenvalue weighted by Gasteiger charge is -2.46. The van der Waals surface area contributed by atoms with Gasteiger partial charge in [-0.05, 0) is 47.5 Å². The number of alkyl carbamates (subject to hydrolysis) is 1. The van der Waals surface area contributed by atoms with Gasteiger partial charge in [0.25, 0.3) is 0 Å². The second-order valence-corrected chi connectivity index (χ2v) is 8.25. The largest absolute Gasteiger partial charge is 0.444 e. The molecule has 2 amide bonds. The number of nitrogens with zero attached hydrogens (tertiary/aromatic N) is 1. The van der Waals surface area contributed by atoms with E-state index in [1.54, 1.807) is 20.8 Å². The second kappa shape index (κ2) is 7.07. The van der Waals surface area contributed by atoms with Crippen molar-refractivity contribution in [3.63, 3.8) is 0 Å². The van der Waals surface area contributed by atoms with Gasteiger partial charge in [-0.15, -0.1) is 0 Å². The Morgan fingerprint density at radius 1 is 1.30 bits per heavy atom. The number of ether oxygens (including phenoxy) is 2. The minimum absolute atomic E-state index is 0.0127. The lowest BCUT2D eigenvalue weighted by molar-refractivity contribution is -0.156. The first kappa shape index (κ1) is 19.7. The topological polar surface area (TPSA) is 67.9 Å². The number of amides is 2. The average molecular weight is 328 g/mol. The zero-order valence-electron chi connectivity index (χ0n) is 15.7. The zero-order valence-corrected chi connectivity index (χ0v) is 15.7. The fraction of sp³-hybridized carbons (Fsp3) is 0.882. The summed E-state index contributed by atoms with van der Waals surface area (Å²) in [6.07, 6.45) is -0.579. The summed E-state index contributed by atoms with van der Waals surface area (Å²) in [6, 6.07) is -0.616. The molecule has 0 spiro atoms. The van der Waals surface area contributed by atoms with Crippen molar-refractivity contribution in [1.82, 2.24) is 10.2 Å². The van der Waals surface area contributed by atoms with E-state index in [0.29, 0.717) is 13.2 Å². The molecule has 2 atom stereocenters. The van der Waals surface area contributed by atoms with Gasteiger partial charge < -0.3 is 19.7 Å². The number of hydrogen-bond donors (Lipinski definition) is 1. The van der Waals surface area contributed by atoms with E-state index < -0.39 is 23.3 Å². The van der Waals surface area contributed by atoms with Crippen molar-refractivity contribution in [3.05, 3.63) is 0 Å². The van der Waals surface area contributed by atoms with Crippen molar-refractivity contribution < 1.29 is 19.1 Å². The first-order valence-corrected chi connectivity index (χ1v) is 8.26. The Morgan fingerprint density at radius 2 is 1.87 bits per heavy atom. The van der Waals surface area contributed by atoms with Crippen LogP contribution >= 0.6 is 0 Å². The SMILES string of the molecule is CC1CN(C(=O)C(NC(=O)OC(C)(C)C)C(C)C)C(C)(C)CO1. The monoisotopic (exact) mass is 328 g/mol. The molecule has 0 saturated carbocycles. The molecular weight excluding hydrogens is 296 g/mol. The highest BCUT2D eigenvalue weighted by Crippen LogP contribution is 2.24. The lowest BCUT2D eigenvalue weighted by Crippen LogP contribution is -2.63. The normalized spacial score (nSPS) is 22.7. The van der Waals surface area contributed by atoms with Crippen molar-refractivity contribution in [2.24, 2.45) is 5.92 Å². The van der Waals surface area contributed by atoms with Gasteiger partial charge in [0.15, 0.2) is 0 Å². The number of rotatable bonds is 3. The molecule has 0 aromatic heterocycles. The van der Waals surface area contributed by atoms with E-state index in [9.17, 15) is 9.59 Å². The van der Waals surface area contributed by atoms with Crippen LogP contribution in [0, 0.1) is 5.92 Å². The van der Waals surface area contributed by atoms with Crippen LogP contribution in [-0.4, -0.2) is 53.3 Å². The van der Waals surface area contributed by atoms with Gasteiger partial charge in [0.05, 0.1) is 18.2 Å². The Bertz CT molecular complexity index is 440. The molecule has 2 unspecified atom stereocenters. The highest BCUT2D eigenvalue weighted by atomic mass is 16.6. The van der Waals surface area contributed by atoms with Gasteiger partial charge in [0.1, 0.15) is 11.6 Å². The van der Waals surface area contributed by atoms with E-state index in [1.165, 1.54) is 0 Å². The third-order valence-corrected chi connectivity index (χ3v) is 3.76. The molecule has 134 valence electrons. The third-order valence-electron chi connectivity index (χ3n) is 3.76. The molecule has 1 aliphatic heterocycles. The van der Waals surface area contributed by atoms with E-state index in [1.807, 2.05) is 39.5 Å². The highest BCUT2D eigenvalue weighted by Gasteiger charge is 2.40. The molecule has 6 heteroatoms. The maximum atomic E-state index is 13.0. The molecule has 1 aliphatic rings. The summed E-state index contributed by atoms with van der Waals surface area (Å²) in [4.78, 5) is 26.9. The van der Waals surface area contributed by atoms with Gasteiger partial charge in [0.2, 0.25) is 5.91 Å². The summed E-state index contributed by atoms with van der Waals surface area (Å²) in [5.41, 5.74) is -0.992. The van der Waals surface area contributed by atoms with Gasteiger partial charge in [-0.3, -0.25) is 4.79 Å². The van der Waals surface area contributed by atoms with Gasteiger partial charge in [0, 0.05) is 6.54 Å². The van der Waals surface area contributed by atoms with Crippen LogP contribution in [0.25, 0.3) is 0 Å². The summed E-state index contributed by atoms with van der Waals surface area (Å²) >= 11 is 0. The average Bonchev–Trinajstić information content (AvgIpc) is 2.35. The second-order valence-electron chi connectivity index (χ2n) is 8.25. The molecule has 0 aromatic carbocycles. The Kier molecular flexibility index (Phi) is 6.07. The van der Waals surface area contributed by atoms with Crippen molar-refractivity contribution in [1.29, 1.82) is 0 Å². The number of nitrogens with one attached hydrogen (secondary N) is 1. The molecule has 1 saturated heterocycles. The van der Waals surface area contributed by atoms with Crippen LogP contribution in [0.3, 0.4) is 0 Å². The zero-order chi connectivity index (χ0) is 18.0. The fourth-order valence-corrected chi connectivity index (χ4v) is 2.49. The minimum Gasteiger partial charge on any atom is -0.444 e. The van der Waals surface area contributed by atoms with Crippen LogP contribution in [0.4, 0.5) is 4.79 Å². The number of morpholine rings is 1. The van der Waals surface area contributed by atoms with Crippen LogP contribution in [-0.2, 0) is 14.3 Å². The molecular formula is C17H32N2O4. The molecule has 1 rings (SSSR count). The van der Waals surface area contributed by atoms with E-state index in [0.717, 1.165) is 0 Å². The van der Waals surface area contributed by atoms with Crippen LogP contribution in [0.2, 0.25) is 0 Å². The molecule has 1 heterocycles. The van der Waals surface area contributed by atoms with Gasteiger partial charge in [-0.25, -0.2) is 4.79 Å². The maximum Gasteiger partial charge on any atom is 0.408 e. The predicted molar refractivity (Wildman–Crippen MR) is 89.2 cm³/mol. The van der Waals surface area contributed by atoms with Crippen LogP contribution in [0.5, 0.6) is 0 Å². The summed E-state index contributed by atoms with van der Waals surface area (Å²) in [6.45, 7) is 16.1. The van der Waals surface area contributed by atoms with Gasteiger partial charge >= 0.3 is 6.09 Å². The van der Waals surface area contributed by atoms with E-state index >= 15 is 0 Å². The molecule has 6 nitrogen and oxygen atoms in total. The smallest absolute Gasteiger partial charge is 0.408 e. The summed E-state index contributed by atoms with van der Waals surface area (Å²) in [7, 11) is 0. The summed E-state index contributed by atoms with van der Waals surface area (Å²) in [5, 5.41) is 2.73. The Labute approximate surface area is 139 Å². The maximum absolute atomic E-state index is 13.0. The fourth-order valence-electron chi connectivity index (χ4n) is 2.49. The van der Waals surface area contributed by atoms with Crippen LogP contribution in [0.15, 0.2) is 0 Å². The summed E-state index contributed by atoms with van der Waals surface area (Å²) < 4.78 is 10.9. The molecule has 23 heavy (non-hydrogen) atoms. The standard InChI is InChI=1S/C17H32N2O4/c1-11(2)13(18-15(21)23-16(4,5)6)14(20)19-9-12(3)22-10-17(19,7)8/h11-13H,9-10H2,1-8H3,(H,18,21). The number of hydrogen-bond acceptors (Lipinski definition) is 4. The van der Waals surface area contributed by atoms with Crippen LogP contribution in [0.1, 0.15) is 55.4 Å². The first-order valence-electron chi connectivity index (χ1n) is 8.26. The quantitative estimate of drug-likeness (QED) is 0.864. The molecule has 0 aliphatic carbocycles. The van der Waals surface area contributed by atoms with E-state index in [-0.39, 0.29) is 17.9 Å². The Hall–Kier alpha value is -1.30. The summed E-state index contributed by atoms with van der Waals surface area (Å²) in [5.74, 6) is -0.130. The van der Waals surface area contributed by atoms with Crippen LogP contribution < -0.4 is 5.32 Å². The third kappa shape index (κ3) is 5.68. The number of carbonyl (C=O) groups is 2. The molecule has 1 fully saturated rings. The van der Waals surface area contributed by atoms with Gasteiger partial charge in [-0.1, -0.05) is 13.8 Å². The van der Waals surface area contributed by atoms with Gasteiger partial charge in [-0.2, -0.15) is 0 Å². The van der Waals surface area contributed by atoms with Crippen molar-refractivity contribution in [2.45, 2.75) is 78.7 Å². The predicted octanol–water partition coefficient (Wildman–Crippen LogP) is 2.56. The van der Waals surface area contributed by atoms with E-state index in [4.69, 9.17) is 9.47 Å². The molecule has 0 bridgehead atoms. The minimum atomic E-state index is -0.616. The molecule has 0 radical (unpaired) electrons. The van der Waals surface area contributed by atoms with Crippen molar-refractivity contribution in [3.8, 4) is 0 Å².